The van der Waals surface area contributed by atoms with E-state index < -0.39 is 5.97 Å². The quantitative estimate of drug-likeness (QED) is 0.900. The summed E-state index contributed by atoms with van der Waals surface area (Å²) in [4.78, 5) is 25.0. The topological polar surface area (TPSA) is 69.6 Å². The van der Waals surface area contributed by atoms with Gasteiger partial charge in [-0.3, -0.25) is 0 Å². The Kier molecular flexibility index (Phi) is 5.12. The van der Waals surface area contributed by atoms with Crippen LogP contribution in [0.25, 0.3) is 0 Å². The zero-order valence-electron chi connectivity index (χ0n) is 12.2. The molecule has 1 fully saturated rings. The Hall–Kier alpha value is -1.69. The van der Waals surface area contributed by atoms with Crippen LogP contribution in [0.5, 0.6) is 0 Å². The molecule has 0 radical (unpaired) electrons. The predicted molar refractivity (Wildman–Crippen MR) is 83.7 cm³/mol. The van der Waals surface area contributed by atoms with Crippen molar-refractivity contribution in [2.45, 2.75) is 31.7 Å². The standard InChI is InChI=1S/C15H20N2O3S/c1-10-11(2)21-7-6-17(10)15(20)16-9-12-4-3-5-13(8-12)14(18)19/h3-5,8,10-11H,6-7,9H2,1-2H3,(H,16,20)(H,18,19). The first kappa shape index (κ1) is 15.7. The summed E-state index contributed by atoms with van der Waals surface area (Å²) in [6.45, 7) is 5.27. The fraction of sp³-hybridized carbons (Fsp3) is 0.467. The van der Waals surface area contributed by atoms with Gasteiger partial charge >= 0.3 is 12.0 Å². The predicted octanol–water partition coefficient (Wildman–Crippen LogP) is 2.42. The molecule has 21 heavy (non-hydrogen) atoms. The molecule has 1 heterocycles. The Labute approximate surface area is 128 Å². The van der Waals surface area contributed by atoms with Crippen molar-refractivity contribution in [1.29, 1.82) is 0 Å². The Morgan fingerprint density at radius 3 is 2.90 bits per heavy atom. The molecule has 114 valence electrons. The molecule has 0 aromatic heterocycles. The van der Waals surface area contributed by atoms with Crippen LogP contribution in [0.4, 0.5) is 4.79 Å². The maximum Gasteiger partial charge on any atom is 0.335 e. The minimum atomic E-state index is -0.960. The first-order chi connectivity index (χ1) is 9.99. The van der Waals surface area contributed by atoms with Crippen LogP contribution in [-0.2, 0) is 6.54 Å². The highest BCUT2D eigenvalue weighted by Crippen LogP contribution is 2.24. The third kappa shape index (κ3) is 3.91. The highest BCUT2D eigenvalue weighted by atomic mass is 32.2. The van der Waals surface area contributed by atoms with Crippen LogP contribution in [0.15, 0.2) is 24.3 Å². The van der Waals surface area contributed by atoms with Crippen molar-refractivity contribution in [3.05, 3.63) is 35.4 Å². The summed E-state index contributed by atoms with van der Waals surface area (Å²) < 4.78 is 0. The molecule has 1 saturated heterocycles. The largest absolute Gasteiger partial charge is 0.478 e. The molecule has 1 aromatic carbocycles. The van der Waals surface area contributed by atoms with Crippen LogP contribution in [-0.4, -0.2) is 45.6 Å². The van der Waals surface area contributed by atoms with Crippen LogP contribution in [0.1, 0.15) is 29.8 Å². The van der Waals surface area contributed by atoms with Gasteiger partial charge in [-0.2, -0.15) is 11.8 Å². The number of carboxylic acid groups (broad SMARTS) is 1. The van der Waals surface area contributed by atoms with Crippen LogP contribution >= 0.6 is 11.8 Å². The Morgan fingerprint density at radius 2 is 2.19 bits per heavy atom. The van der Waals surface area contributed by atoms with Gasteiger partial charge in [0.05, 0.1) is 5.56 Å². The summed E-state index contributed by atoms with van der Waals surface area (Å²) in [5, 5.41) is 12.3. The van der Waals surface area contributed by atoms with E-state index in [1.54, 1.807) is 18.2 Å². The van der Waals surface area contributed by atoms with Gasteiger partial charge in [-0.1, -0.05) is 19.1 Å². The minimum Gasteiger partial charge on any atom is -0.478 e. The van der Waals surface area contributed by atoms with Gasteiger partial charge in [0.1, 0.15) is 0 Å². The lowest BCUT2D eigenvalue weighted by atomic mass is 10.1. The second-order valence-corrected chi connectivity index (χ2v) is 6.66. The number of amides is 2. The van der Waals surface area contributed by atoms with Gasteiger partial charge in [0.2, 0.25) is 0 Å². The first-order valence-corrected chi connectivity index (χ1v) is 8.02. The second kappa shape index (κ2) is 6.85. The summed E-state index contributed by atoms with van der Waals surface area (Å²) in [5.74, 6) is -0.00775. The monoisotopic (exact) mass is 308 g/mol. The SMILES string of the molecule is CC1SCCN(C(=O)NCc2cccc(C(=O)O)c2)C1C. The van der Waals surface area contributed by atoms with E-state index in [0.717, 1.165) is 17.9 Å². The fourth-order valence-electron chi connectivity index (χ4n) is 2.31. The number of carbonyl (C=O) groups excluding carboxylic acids is 1. The molecule has 2 unspecified atom stereocenters. The number of nitrogens with one attached hydrogen (secondary N) is 1. The molecule has 0 spiro atoms. The Morgan fingerprint density at radius 1 is 1.43 bits per heavy atom. The molecule has 1 aliphatic heterocycles. The second-order valence-electron chi connectivity index (χ2n) is 5.17. The molecular formula is C15H20N2O3S. The molecule has 2 rings (SSSR count). The number of aromatic carboxylic acids is 1. The van der Waals surface area contributed by atoms with Gasteiger partial charge in [-0.15, -0.1) is 0 Å². The normalized spacial score (nSPS) is 21.9. The Balaban J connectivity index is 1.94. The molecule has 5 nitrogen and oxygen atoms in total. The third-order valence-electron chi connectivity index (χ3n) is 3.76. The zero-order chi connectivity index (χ0) is 15.4. The average molecular weight is 308 g/mol. The molecule has 1 aromatic rings. The van der Waals surface area contributed by atoms with E-state index in [1.807, 2.05) is 22.7 Å². The summed E-state index contributed by atoms with van der Waals surface area (Å²) >= 11 is 1.88. The van der Waals surface area contributed by atoms with Crippen molar-refractivity contribution in [1.82, 2.24) is 10.2 Å². The molecule has 6 heteroatoms. The van der Waals surface area contributed by atoms with Gasteiger partial charge in [-0.25, -0.2) is 9.59 Å². The molecule has 0 bridgehead atoms. The number of benzene rings is 1. The van der Waals surface area contributed by atoms with Crippen LogP contribution < -0.4 is 5.32 Å². The molecule has 2 atom stereocenters. The minimum absolute atomic E-state index is 0.0876. The van der Waals surface area contributed by atoms with Crippen molar-refractivity contribution < 1.29 is 14.7 Å². The number of hydrogen-bond acceptors (Lipinski definition) is 3. The van der Waals surface area contributed by atoms with Crippen molar-refractivity contribution in [3.63, 3.8) is 0 Å². The summed E-state index contributed by atoms with van der Waals surface area (Å²) in [6, 6.07) is 6.74. The molecule has 2 amide bonds. The van der Waals surface area contributed by atoms with E-state index in [0.29, 0.717) is 11.8 Å². The fourth-order valence-corrected chi connectivity index (χ4v) is 3.41. The number of carboxylic acids is 1. The van der Waals surface area contributed by atoms with E-state index >= 15 is 0 Å². The number of hydrogen-bond donors (Lipinski definition) is 2. The van der Waals surface area contributed by atoms with Crippen molar-refractivity contribution >= 4 is 23.8 Å². The van der Waals surface area contributed by atoms with Crippen molar-refractivity contribution in [2.75, 3.05) is 12.3 Å². The molecule has 1 aliphatic rings. The smallest absolute Gasteiger partial charge is 0.335 e. The molecule has 0 aliphatic carbocycles. The third-order valence-corrected chi connectivity index (χ3v) is 5.10. The van der Waals surface area contributed by atoms with Crippen LogP contribution in [0.2, 0.25) is 0 Å². The summed E-state index contributed by atoms with van der Waals surface area (Å²) in [5.41, 5.74) is 1.02. The number of thioether (sulfide) groups is 1. The van der Waals surface area contributed by atoms with E-state index in [-0.39, 0.29) is 17.6 Å². The molecule has 2 N–H and O–H groups in total. The first-order valence-electron chi connectivity index (χ1n) is 6.97. The van der Waals surface area contributed by atoms with E-state index in [9.17, 15) is 9.59 Å². The molecular weight excluding hydrogens is 288 g/mol. The van der Waals surface area contributed by atoms with Gasteiger partial charge < -0.3 is 15.3 Å². The maximum atomic E-state index is 12.2. The highest BCUT2D eigenvalue weighted by Gasteiger charge is 2.28. The van der Waals surface area contributed by atoms with Gasteiger partial charge in [0.25, 0.3) is 0 Å². The lowest BCUT2D eigenvalue weighted by Crippen LogP contribution is -2.51. The highest BCUT2D eigenvalue weighted by molar-refractivity contribution is 8.00. The number of urea groups is 1. The lowest BCUT2D eigenvalue weighted by Gasteiger charge is -2.37. The summed E-state index contributed by atoms with van der Waals surface area (Å²) in [6.07, 6.45) is 0. The van der Waals surface area contributed by atoms with Gasteiger partial charge in [-0.05, 0) is 24.6 Å². The van der Waals surface area contributed by atoms with Crippen LogP contribution in [0, 0.1) is 0 Å². The zero-order valence-corrected chi connectivity index (χ0v) is 13.0. The van der Waals surface area contributed by atoms with Crippen molar-refractivity contribution in [3.8, 4) is 0 Å². The van der Waals surface area contributed by atoms with Gasteiger partial charge in [0, 0.05) is 30.1 Å². The lowest BCUT2D eigenvalue weighted by molar-refractivity contribution is 0.0696. The summed E-state index contributed by atoms with van der Waals surface area (Å²) in [7, 11) is 0. The number of nitrogens with zero attached hydrogens (tertiary/aromatic N) is 1. The van der Waals surface area contributed by atoms with E-state index in [2.05, 4.69) is 19.2 Å². The van der Waals surface area contributed by atoms with E-state index in [1.165, 1.54) is 0 Å². The van der Waals surface area contributed by atoms with Crippen LogP contribution in [0.3, 0.4) is 0 Å². The van der Waals surface area contributed by atoms with E-state index in [4.69, 9.17) is 5.11 Å². The number of carbonyl (C=O) groups is 2. The molecule has 0 saturated carbocycles. The maximum absolute atomic E-state index is 12.2. The van der Waals surface area contributed by atoms with Crippen molar-refractivity contribution in [2.24, 2.45) is 0 Å². The number of rotatable bonds is 3. The average Bonchev–Trinajstić information content (AvgIpc) is 2.48. The Bertz CT molecular complexity index is 535. The van der Waals surface area contributed by atoms with Gasteiger partial charge in [0.15, 0.2) is 0 Å².